The van der Waals surface area contributed by atoms with E-state index in [9.17, 15) is 28.0 Å². The fourth-order valence-electron chi connectivity index (χ4n) is 10.3. The lowest BCUT2D eigenvalue weighted by Gasteiger charge is -2.62. The molecule has 300 valence electrons. The lowest BCUT2D eigenvalue weighted by atomic mass is 9.45. The maximum atomic E-state index is 14.2. The summed E-state index contributed by atoms with van der Waals surface area (Å²) in [5.74, 6) is 1.12. The highest BCUT2D eigenvalue weighted by atomic mass is 32.2. The van der Waals surface area contributed by atoms with Crippen molar-refractivity contribution >= 4 is 16.0 Å². The van der Waals surface area contributed by atoms with Crippen molar-refractivity contribution in [1.29, 1.82) is 0 Å². The monoisotopic (exact) mass is 768 g/mol. The van der Waals surface area contributed by atoms with Gasteiger partial charge in [-0.05, 0) is 104 Å². The van der Waals surface area contributed by atoms with E-state index in [-0.39, 0.29) is 41.5 Å². The molecule has 3 aliphatic carbocycles. The number of aliphatic hydroxyl groups is 2. The Balaban J connectivity index is 1.25. The molecule has 9 atom stereocenters. The lowest BCUT2D eigenvalue weighted by molar-refractivity contribution is -0.183. The van der Waals surface area contributed by atoms with E-state index >= 15 is 0 Å². The second-order valence-corrected chi connectivity index (χ2v) is 19.2. The van der Waals surface area contributed by atoms with Crippen LogP contribution in [0.3, 0.4) is 0 Å². The number of hydroxylamine groups is 2. The predicted octanol–water partition coefficient (Wildman–Crippen LogP) is 5.11. The van der Waals surface area contributed by atoms with Gasteiger partial charge in [-0.3, -0.25) is 19.1 Å². The number of benzene rings is 2. The summed E-state index contributed by atoms with van der Waals surface area (Å²) in [5.41, 5.74) is 2.78. The standard InChI is InChI=1S/C42H64N4O7S/c1-27(2)18-34(25-44-16-9-10-17-44)45(24-32-14-7-8-15-38(32)54(50,51)52)22-30-12-11-13-31(19-30)23-46-40(39(29(4)48)37(26-47)53-46)41(49)43-36-21-33-20-35(28(36)3)42(33,5)6/h7-8,11-15,19,27-29,33-37,39-40,47-48H,9-10,16-18,20-26H2,1-6H3,(H,43,49)(H,50,51,52)/t28-,29+,33-,34+,35-,36+,37+,39-,40+/m1/s1. The zero-order valence-electron chi connectivity index (χ0n) is 33.1. The molecule has 1 amide bonds. The number of nitrogens with one attached hydrogen (secondary N) is 1. The first-order valence-electron chi connectivity index (χ1n) is 20.2. The average Bonchev–Trinajstić information content (AvgIpc) is 3.76. The van der Waals surface area contributed by atoms with Crippen LogP contribution in [0.1, 0.15) is 90.3 Å². The molecule has 2 aromatic carbocycles. The van der Waals surface area contributed by atoms with Gasteiger partial charge in [-0.15, -0.1) is 0 Å². The fourth-order valence-corrected chi connectivity index (χ4v) is 11.0. The molecule has 12 heteroatoms. The van der Waals surface area contributed by atoms with E-state index < -0.39 is 34.3 Å². The molecule has 4 N–H and O–H groups in total. The number of hydrogen-bond acceptors (Lipinski definition) is 9. The Labute approximate surface area is 323 Å². The zero-order chi connectivity index (χ0) is 38.9. The highest BCUT2D eigenvalue weighted by Gasteiger charge is 2.57. The van der Waals surface area contributed by atoms with Crippen LogP contribution in [0.2, 0.25) is 0 Å². The molecule has 2 heterocycles. The Morgan fingerprint density at radius 1 is 1.04 bits per heavy atom. The van der Waals surface area contributed by atoms with Gasteiger partial charge in [0.25, 0.3) is 10.1 Å². The van der Waals surface area contributed by atoms with Crippen molar-refractivity contribution in [1.82, 2.24) is 20.2 Å². The van der Waals surface area contributed by atoms with E-state index in [1.54, 1.807) is 24.1 Å². The second-order valence-electron chi connectivity index (χ2n) is 17.8. The summed E-state index contributed by atoms with van der Waals surface area (Å²) < 4.78 is 35.0. The van der Waals surface area contributed by atoms with Gasteiger partial charge in [-0.1, -0.05) is 77.1 Å². The summed E-state index contributed by atoms with van der Waals surface area (Å²) in [5, 5.41) is 26.3. The van der Waals surface area contributed by atoms with Gasteiger partial charge in [0.1, 0.15) is 12.1 Å². The van der Waals surface area contributed by atoms with E-state index in [1.165, 1.54) is 25.3 Å². The van der Waals surface area contributed by atoms with Crippen LogP contribution in [0.5, 0.6) is 0 Å². The second kappa shape index (κ2) is 17.0. The van der Waals surface area contributed by atoms with Crippen LogP contribution in [0.4, 0.5) is 0 Å². The Bertz CT molecular complexity index is 1700. The molecule has 7 rings (SSSR count). The Morgan fingerprint density at radius 3 is 2.37 bits per heavy atom. The van der Waals surface area contributed by atoms with Gasteiger partial charge in [0, 0.05) is 37.6 Å². The van der Waals surface area contributed by atoms with Crippen LogP contribution in [0.25, 0.3) is 0 Å². The minimum absolute atomic E-state index is 0.0542. The highest BCUT2D eigenvalue weighted by molar-refractivity contribution is 7.85. The number of rotatable bonds is 16. The van der Waals surface area contributed by atoms with Gasteiger partial charge in [0.05, 0.1) is 24.2 Å². The normalized spacial score (nSPS) is 29.7. The lowest BCUT2D eigenvalue weighted by Crippen LogP contribution is -2.62. The third kappa shape index (κ3) is 9.07. The number of hydrogen-bond donors (Lipinski definition) is 4. The molecule has 5 aliphatic rings. The molecule has 0 aromatic heterocycles. The van der Waals surface area contributed by atoms with Crippen molar-refractivity contribution in [2.24, 2.45) is 35.0 Å². The molecule has 2 bridgehead atoms. The third-order valence-electron chi connectivity index (χ3n) is 13.3. The number of carbonyl (C=O) groups is 1. The van der Waals surface area contributed by atoms with Gasteiger partial charge in [-0.2, -0.15) is 13.5 Å². The maximum absolute atomic E-state index is 14.2. The van der Waals surface area contributed by atoms with E-state index in [0.717, 1.165) is 43.6 Å². The fraction of sp³-hybridized carbons (Fsp3) is 0.690. The number of carbonyl (C=O) groups excluding carboxylic acids is 1. The highest BCUT2D eigenvalue weighted by Crippen LogP contribution is 2.61. The van der Waals surface area contributed by atoms with Crippen molar-refractivity contribution < 1.29 is 32.8 Å². The molecule has 2 aromatic rings. The molecule has 54 heavy (non-hydrogen) atoms. The third-order valence-corrected chi connectivity index (χ3v) is 14.3. The molecule has 11 nitrogen and oxygen atoms in total. The molecule has 0 radical (unpaired) electrons. The molecule has 3 saturated carbocycles. The Kier molecular flexibility index (Phi) is 13.0. The van der Waals surface area contributed by atoms with Crippen molar-refractivity contribution in [3.8, 4) is 0 Å². The van der Waals surface area contributed by atoms with Crippen molar-refractivity contribution in [3.63, 3.8) is 0 Å². The van der Waals surface area contributed by atoms with Crippen LogP contribution in [-0.4, -0.2) is 101 Å². The summed E-state index contributed by atoms with van der Waals surface area (Å²) in [4.78, 5) is 25.2. The number of likely N-dealkylation sites (tertiary alicyclic amines) is 1. The first-order valence-corrected chi connectivity index (χ1v) is 21.6. The minimum Gasteiger partial charge on any atom is -0.394 e. The molecule has 2 aliphatic heterocycles. The van der Waals surface area contributed by atoms with E-state index in [2.05, 4.69) is 61.9 Å². The molecule has 5 fully saturated rings. The largest absolute Gasteiger partial charge is 0.394 e. The van der Waals surface area contributed by atoms with Crippen molar-refractivity contribution in [2.45, 2.75) is 129 Å². The molecular weight excluding hydrogens is 705 g/mol. The molecule has 0 unspecified atom stereocenters. The number of fused-ring (bicyclic) bond motifs is 2. The summed E-state index contributed by atoms with van der Waals surface area (Å²) in [6.45, 7) is 16.8. The first kappa shape index (κ1) is 41.2. The summed E-state index contributed by atoms with van der Waals surface area (Å²) in [6.07, 6.45) is 3.81. The summed E-state index contributed by atoms with van der Waals surface area (Å²) >= 11 is 0. The topological polar surface area (TPSA) is 143 Å². The maximum Gasteiger partial charge on any atom is 0.294 e. The number of aliphatic hydroxyl groups excluding tert-OH is 2. The quantitative estimate of drug-likeness (QED) is 0.170. The van der Waals surface area contributed by atoms with E-state index in [1.807, 2.05) is 18.2 Å². The summed E-state index contributed by atoms with van der Waals surface area (Å²) in [6, 6.07) is 14.2. The number of amides is 1. The SMILES string of the molecule is CC(C)C[C@@H](CN1CCCC1)N(Cc1cccc(CN2O[C@@H](CO)[C@@H]([C@H](C)O)[C@H]2C(=O)N[C@H]2C[C@H]3C[C@H]([C@H]2C)C3(C)C)c1)Cc1ccccc1S(=O)(=O)O. The molecular formula is C42H64N4O7S. The Hall–Kier alpha value is -2.42. The van der Waals surface area contributed by atoms with Crippen LogP contribution in [-0.2, 0) is 39.4 Å². The van der Waals surface area contributed by atoms with E-state index in [4.69, 9.17) is 4.84 Å². The van der Waals surface area contributed by atoms with Crippen LogP contribution in [0, 0.1) is 35.0 Å². The van der Waals surface area contributed by atoms with Crippen molar-refractivity contribution in [3.05, 3.63) is 65.2 Å². The van der Waals surface area contributed by atoms with Gasteiger partial charge in [0.15, 0.2) is 0 Å². The van der Waals surface area contributed by atoms with Crippen molar-refractivity contribution in [2.75, 3.05) is 26.2 Å². The van der Waals surface area contributed by atoms with Crippen LogP contribution < -0.4 is 5.32 Å². The minimum atomic E-state index is -4.42. The zero-order valence-corrected chi connectivity index (χ0v) is 33.9. The number of nitrogens with zero attached hydrogens (tertiary/aromatic N) is 3. The summed E-state index contributed by atoms with van der Waals surface area (Å²) in [7, 11) is -4.42. The van der Waals surface area contributed by atoms with Gasteiger partial charge in [0.2, 0.25) is 5.91 Å². The first-order chi connectivity index (χ1) is 25.6. The van der Waals surface area contributed by atoms with E-state index in [0.29, 0.717) is 42.3 Å². The molecule has 2 saturated heterocycles. The van der Waals surface area contributed by atoms with Gasteiger partial charge in [-0.25, -0.2) is 0 Å². The van der Waals surface area contributed by atoms with Crippen LogP contribution in [0.15, 0.2) is 53.4 Å². The van der Waals surface area contributed by atoms with Gasteiger partial charge < -0.3 is 20.4 Å². The average molecular weight is 769 g/mol. The Morgan fingerprint density at radius 2 is 1.74 bits per heavy atom. The van der Waals surface area contributed by atoms with Gasteiger partial charge >= 0.3 is 0 Å². The predicted molar refractivity (Wildman–Crippen MR) is 208 cm³/mol. The van der Waals surface area contributed by atoms with Crippen LogP contribution >= 0.6 is 0 Å². The molecule has 0 spiro atoms. The smallest absolute Gasteiger partial charge is 0.294 e.